The first-order valence-corrected chi connectivity index (χ1v) is 7.99. The number of Topliss-reactive ketones (excluding diaryl/α,β-unsaturated/α-hetero) is 1. The van der Waals surface area contributed by atoms with Crippen LogP contribution in [0.4, 0.5) is 0 Å². The highest BCUT2D eigenvalue weighted by Gasteiger charge is 2.43. The molecule has 0 unspecified atom stereocenters. The molecule has 0 aliphatic carbocycles. The molecular weight excluding hydrogens is 294 g/mol. The van der Waals surface area contributed by atoms with E-state index in [-0.39, 0.29) is 23.5 Å². The van der Waals surface area contributed by atoms with Crippen LogP contribution in [0.5, 0.6) is 5.75 Å². The first-order valence-electron chi connectivity index (χ1n) is 7.99. The van der Waals surface area contributed by atoms with E-state index in [9.17, 15) is 9.59 Å². The van der Waals surface area contributed by atoms with Gasteiger partial charge in [0.15, 0.2) is 5.78 Å². The van der Waals surface area contributed by atoms with Crippen molar-refractivity contribution in [1.29, 1.82) is 0 Å². The molecule has 3 aliphatic heterocycles. The van der Waals surface area contributed by atoms with Crippen LogP contribution in [0.2, 0.25) is 0 Å². The summed E-state index contributed by atoms with van der Waals surface area (Å²) in [5.74, 6) is 0.290. The molecule has 2 atom stereocenters. The Hall–Kier alpha value is -2.30. The molecule has 5 nitrogen and oxygen atoms in total. The van der Waals surface area contributed by atoms with Crippen molar-refractivity contribution in [2.45, 2.75) is 38.3 Å². The molecule has 0 N–H and O–H groups in total. The van der Waals surface area contributed by atoms with E-state index in [4.69, 9.17) is 9.47 Å². The molecule has 0 amide bonds. The number of rotatable bonds is 1. The SMILES string of the molecule is COc1ccc2c(c1)CCN1C3=C(C(=O)C[C@H]21)C(=O)O[C@@H](C)C3. The minimum Gasteiger partial charge on any atom is -0.497 e. The Morgan fingerprint density at radius 2 is 2.09 bits per heavy atom. The van der Waals surface area contributed by atoms with Crippen LogP contribution in [0.3, 0.4) is 0 Å². The van der Waals surface area contributed by atoms with E-state index in [1.165, 1.54) is 11.1 Å². The molecule has 3 heterocycles. The highest BCUT2D eigenvalue weighted by atomic mass is 16.5. The van der Waals surface area contributed by atoms with E-state index in [0.717, 1.165) is 24.4 Å². The standard InChI is InChI=1S/C18H19NO4/c1-10-7-15-17(18(21)23-10)16(20)9-14-13-4-3-12(22-2)8-11(13)5-6-19(14)15/h3-4,8,10,14H,5-7,9H2,1-2H3/t10-,14+/m0/s1. The summed E-state index contributed by atoms with van der Waals surface area (Å²) in [4.78, 5) is 26.9. The molecule has 0 radical (unpaired) electrons. The molecule has 3 aliphatic rings. The summed E-state index contributed by atoms with van der Waals surface area (Å²) in [6.45, 7) is 2.69. The van der Waals surface area contributed by atoms with Gasteiger partial charge in [0.05, 0.1) is 13.2 Å². The van der Waals surface area contributed by atoms with E-state index in [0.29, 0.717) is 12.8 Å². The van der Waals surface area contributed by atoms with Crippen molar-refractivity contribution in [3.63, 3.8) is 0 Å². The zero-order valence-electron chi connectivity index (χ0n) is 13.3. The number of carbonyl (C=O) groups is 2. The minimum atomic E-state index is -0.456. The van der Waals surface area contributed by atoms with Crippen LogP contribution in [0.25, 0.3) is 0 Å². The molecule has 0 spiro atoms. The molecule has 0 saturated heterocycles. The number of esters is 1. The fourth-order valence-corrected chi connectivity index (χ4v) is 3.95. The van der Waals surface area contributed by atoms with Crippen LogP contribution in [0.15, 0.2) is 29.5 Å². The summed E-state index contributed by atoms with van der Waals surface area (Å²) in [6, 6.07) is 6.07. The third-order valence-corrected chi connectivity index (χ3v) is 4.99. The molecule has 0 bridgehead atoms. The Morgan fingerprint density at radius 3 is 2.87 bits per heavy atom. The van der Waals surface area contributed by atoms with Gasteiger partial charge in [0.1, 0.15) is 17.4 Å². The van der Waals surface area contributed by atoms with Crippen molar-refractivity contribution >= 4 is 11.8 Å². The number of ether oxygens (including phenoxy) is 2. The number of benzene rings is 1. The quantitative estimate of drug-likeness (QED) is 0.587. The van der Waals surface area contributed by atoms with E-state index in [2.05, 4.69) is 17.0 Å². The summed E-state index contributed by atoms with van der Waals surface area (Å²) in [7, 11) is 1.66. The fraction of sp³-hybridized carbons (Fsp3) is 0.444. The Morgan fingerprint density at radius 1 is 1.26 bits per heavy atom. The number of nitrogens with zero attached hydrogens (tertiary/aromatic N) is 1. The Labute approximate surface area is 134 Å². The molecule has 23 heavy (non-hydrogen) atoms. The minimum absolute atomic E-state index is 0.0222. The second kappa shape index (κ2) is 5.11. The van der Waals surface area contributed by atoms with Crippen LogP contribution in [-0.2, 0) is 20.7 Å². The third-order valence-electron chi connectivity index (χ3n) is 4.99. The zero-order chi connectivity index (χ0) is 16.1. The van der Waals surface area contributed by atoms with E-state index >= 15 is 0 Å². The van der Waals surface area contributed by atoms with Gasteiger partial charge in [0, 0.05) is 25.1 Å². The zero-order valence-corrected chi connectivity index (χ0v) is 13.3. The first kappa shape index (κ1) is 14.3. The van der Waals surface area contributed by atoms with Crippen molar-refractivity contribution in [3.8, 4) is 5.75 Å². The van der Waals surface area contributed by atoms with Crippen molar-refractivity contribution in [1.82, 2.24) is 4.90 Å². The number of cyclic esters (lactones) is 1. The lowest BCUT2D eigenvalue weighted by molar-refractivity contribution is -0.147. The summed E-state index contributed by atoms with van der Waals surface area (Å²) >= 11 is 0. The van der Waals surface area contributed by atoms with Gasteiger partial charge >= 0.3 is 5.97 Å². The first-order chi connectivity index (χ1) is 11.1. The Bertz CT molecular complexity index is 737. The van der Waals surface area contributed by atoms with Gasteiger partial charge in [-0.25, -0.2) is 4.79 Å². The predicted molar refractivity (Wildman–Crippen MR) is 83.0 cm³/mol. The lowest BCUT2D eigenvalue weighted by Gasteiger charge is -2.45. The van der Waals surface area contributed by atoms with Crippen LogP contribution in [0.1, 0.15) is 36.9 Å². The lowest BCUT2D eigenvalue weighted by Crippen LogP contribution is -2.45. The van der Waals surface area contributed by atoms with Crippen molar-refractivity contribution in [2.24, 2.45) is 0 Å². The molecule has 120 valence electrons. The molecule has 0 fully saturated rings. The summed E-state index contributed by atoms with van der Waals surface area (Å²) in [5, 5.41) is 0. The average molecular weight is 313 g/mol. The molecule has 1 aromatic carbocycles. The maximum absolute atomic E-state index is 12.5. The van der Waals surface area contributed by atoms with Gasteiger partial charge in [-0.3, -0.25) is 4.79 Å². The second-order valence-corrected chi connectivity index (χ2v) is 6.39. The number of carbonyl (C=O) groups excluding carboxylic acids is 2. The van der Waals surface area contributed by atoms with Crippen molar-refractivity contribution in [2.75, 3.05) is 13.7 Å². The van der Waals surface area contributed by atoms with Crippen LogP contribution < -0.4 is 4.74 Å². The Kier molecular flexibility index (Phi) is 3.18. The Balaban J connectivity index is 1.78. The second-order valence-electron chi connectivity index (χ2n) is 6.39. The number of ketones is 1. The third kappa shape index (κ3) is 2.14. The van der Waals surface area contributed by atoms with Gasteiger partial charge in [-0.2, -0.15) is 0 Å². The molecule has 1 aromatic rings. The van der Waals surface area contributed by atoms with Crippen LogP contribution in [-0.4, -0.2) is 36.4 Å². The van der Waals surface area contributed by atoms with E-state index in [1.54, 1.807) is 7.11 Å². The van der Waals surface area contributed by atoms with Gasteiger partial charge in [-0.15, -0.1) is 0 Å². The predicted octanol–water partition coefficient (Wildman–Crippen LogP) is 2.16. The maximum atomic E-state index is 12.5. The smallest absolute Gasteiger partial charge is 0.343 e. The normalized spacial score (nSPS) is 26.3. The largest absolute Gasteiger partial charge is 0.497 e. The van der Waals surface area contributed by atoms with Crippen LogP contribution >= 0.6 is 0 Å². The monoisotopic (exact) mass is 313 g/mol. The highest BCUT2D eigenvalue weighted by Crippen LogP contribution is 2.43. The number of hydrogen-bond donors (Lipinski definition) is 0. The van der Waals surface area contributed by atoms with Crippen molar-refractivity contribution < 1.29 is 19.1 Å². The maximum Gasteiger partial charge on any atom is 0.343 e. The van der Waals surface area contributed by atoms with E-state index in [1.807, 2.05) is 13.0 Å². The number of fused-ring (bicyclic) bond motifs is 4. The van der Waals surface area contributed by atoms with Gasteiger partial charge in [-0.05, 0) is 36.6 Å². The molecule has 0 aromatic heterocycles. The van der Waals surface area contributed by atoms with Gasteiger partial charge in [0.25, 0.3) is 0 Å². The fourth-order valence-electron chi connectivity index (χ4n) is 3.95. The number of hydrogen-bond acceptors (Lipinski definition) is 5. The van der Waals surface area contributed by atoms with Gasteiger partial charge < -0.3 is 14.4 Å². The van der Waals surface area contributed by atoms with Gasteiger partial charge in [0.2, 0.25) is 0 Å². The summed E-state index contributed by atoms with van der Waals surface area (Å²) in [5.41, 5.74) is 3.55. The van der Waals surface area contributed by atoms with Gasteiger partial charge in [-0.1, -0.05) is 6.07 Å². The topological polar surface area (TPSA) is 55.8 Å². The molecule has 0 saturated carbocycles. The lowest BCUT2D eigenvalue weighted by atomic mass is 9.82. The highest BCUT2D eigenvalue weighted by molar-refractivity contribution is 6.19. The van der Waals surface area contributed by atoms with E-state index < -0.39 is 5.97 Å². The number of methoxy groups -OCH3 is 1. The van der Waals surface area contributed by atoms with Crippen molar-refractivity contribution in [3.05, 3.63) is 40.6 Å². The molecule has 5 heteroatoms. The summed E-state index contributed by atoms with van der Waals surface area (Å²) in [6.07, 6.45) is 1.67. The molecular formula is C18H19NO4. The summed E-state index contributed by atoms with van der Waals surface area (Å²) < 4.78 is 10.5. The average Bonchev–Trinajstić information content (AvgIpc) is 2.53. The van der Waals surface area contributed by atoms with Crippen LogP contribution in [0, 0.1) is 0 Å². The molecule has 4 rings (SSSR count).